The molecule has 0 bridgehead atoms. The molecule has 4 nitrogen and oxygen atoms in total. The Labute approximate surface area is 149 Å². The van der Waals surface area contributed by atoms with Crippen LogP contribution < -0.4 is 0 Å². The Bertz CT molecular complexity index is 642. The van der Waals surface area contributed by atoms with E-state index in [0.29, 0.717) is 37.7 Å². The number of methoxy groups -OCH3 is 1. The van der Waals surface area contributed by atoms with E-state index in [4.69, 9.17) is 4.74 Å². The summed E-state index contributed by atoms with van der Waals surface area (Å²) in [6.45, 7) is 7.29. The molecule has 0 aliphatic heterocycles. The second-order valence-corrected chi connectivity index (χ2v) is 6.92. The lowest BCUT2D eigenvalue weighted by molar-refractivity contribution is 0.0326. The van der Waals surface area contributed by atoms with Crippen molar-refractivity contribution in [2.45, 2.75) is 33.0 Å². The van der Waals surface area contributed by atoms with Gasteiger partial charge in [0.15, 0.2) is 0 Å². The van der Waals surface area contributed by atoms with E-state index in [0.717, 1.165) is 12.2 Å². The number of nitrogens with zero attached hydrogens (tertiary/aromatic N) is 2. The number of hydrogen-bond acceptors (Lipinski definition) is 3. The molecule has 0 amide bonds. The maximum absolute atomic E-state index is 13.9. The van der Waals surface area contributed by atoms with Gasteiger partial charge < -0.3 is 14.4 Å². The summed E-state index contributed by atoms with van der Waals surface area (Å²) in [4.78, 5) is 2.22. The molecule has 1 unspecified atom stereocenters. The lowest BCUT2D eigenvalue weighted by atomic mass is 10.2. The minimum absolute atomic E-state index is 0.184. The van der Waals surface area contributed by atoms with Crippen molar-refractivity contribution < 1.29 is 14.2 Å². The molecule has 0 aliphatic rings. The summed E-state index contributed by atoms with van der Waals surface area (Å²) in [7, 11) is 1.59. The third-order valence-corrected chi connectivity index (χ3v) is 4.06. The van der Waals surface area contributed by atoms with Crippen molar-refractivity contribution in [3.8, 4) is 0 Å². The van der Waals surface area contributed by atoms with E-state index in [1.165, 1.54) is 6.07 Å². The lowest BCUT2D eigenvalue weighted by Crippen LogP contribution is -2.37. The number of aromatic nitrogens is 1. The molecule has 0 fully saturated rings. The number of hydrogen-bond donors (Lipinski definition) is 1. The third-order valence-electron chi connectivity index (χ3n) is 4.06. The zero-order chi connectivity index (χ0) is 18.2. The highest BCUT2D eigenvalue weighted by Crippen LogP contribution is 2.14. The monoisotopic (exact) mass is 348 g/mol. The number of benzene rings is 1. The van der Waals surface area contributed by atoms with Crippen molar-refractivity contribution in [2.75, 3.05) is 26.8 Å². The largest absolute Gasteiger partial charge is 0.389 e. The molecular formula is C20H29FN2O2. The smallest absolute Gasteiger partial charge is 0.128 e. The van der Waals surface area contributed by atoms with E-state index in [1.807, 2.05) is 24.4 Å². The van der Waals surface area contributed by atoms with Crippen LogP contribution in [0.15, 0.2) is 42.6 Å². The van der Waals surface area contributed by atoms with Gasteiger partial charge in [0.1, 0.15) is 5.82 Å². The summed E-state index contributed by atoms with van der Waals surface area (Å²) >= 11 is 0. The summed E-state index contributed by atoms with van der Waals surface area (Å²) in [6, 6.07) is 10.9. The maximum atomic E-state index is 13.9. The first-order valence-electron chi connectivity index (χ1n) is 8.76. The fraction of sp³-hybridized carbons (Fsp3) is 0.500. The van der Waals surface area contributed by atoms with Gasteiger partial charge in [0.2, 0.25) is 0 Å². The van der Waals surface area contributed by atoms with Gasteiger partial charge in [-0.3, -0.25) is 4.90 Å². The van der Waals surface area contributed by atoms with E-state index in [9.17, 15) is 9.50 Å². The van der Waals surface area contributed by atoms with Crippen LogP contribution in [0, 0.1) is 11.7 Å². The van der Waals surface area contributed by atoms with Crippen molar-refractivity contribution in [1.29, 1.82) is 0 Å². The van der Waals surface area contributed by atoms with Crippen LogP contribution in [0.5, 0.6) is 0 Å². The lowest BCUT2D eigenvalue weighted by Gasteiger charge is -2.27. The van der Waals surface area contributed by atoms with E-state index < -0.39 is 6.10 Å². The van der Waals surface area contributed by atoms with E-state index in [-0.39, 0.29) is 5.82 Å². The highest BCUT2D eigenvalue weighted by Gasteiger charge is 2.15. The van der Waals surface area contributed by atoms with Gasteiger partial charge in [0.05, 0.1) is 19.3 Å². The van der Waals surface area contributed by atoms with Crippen LogP contribution in [0.1, 0.15) is 25.1 Å². The average Bonchev–Trinajstić information content (AvgIpc) is 2.96. The predicted octanol–water partition coefficient (Wildman–Crippen LogP) is 3.14. The van der Waals surface area contributed by atoms with Crippen LogP contribution >= 0.6 is 0 Å². The van der Waals surface area contributed by atoms with Gasteiger partial charge in [0.25, 0.3) is 0 Å². The molecule has 0 saturated heterocycles. The number of aliphatic hydroxyl groups excluding tert-OH is 1. The minimum atomic E-state index is -0.515. The number of ether oxygens (including phenoxy) is 1. The summed E-state index contributed by atoms with van der Waals surface area (Å²) in [6.07, 6.45) is 1.46. The Morgan fingerprint density at radius 3 is 2.60 bits per heavy atom. The minimum Gasteiger partial charge on any atom is -0.389 e. The molecule has 0 radical (unpaired) electrons. The van der Waals surface area contributed by atoms with Crippen molar-refractivity contribution in [3.63, 3.8) is 0 Å². The first kappa shape index (κ1) is 19.6. The fourth-order valence-corrected chi connectivity index (χ4v) is 3.05. The molecule has 1 atom stereocenters. The molecule has 1 N–H and O–H groups in total. The van der Waals surface area contributed by atoms with Gasteiger partial charge in [-0.15, -0.1) is 0 Å². The van der Waals surface area contributed by atoms with E-state index in [2.05, 4.69) is 29.4 Å². The molecule has 0 saturated carbocycles. The SMILES string of the molecule is COCC(O)CN(Cc1cccn1Cc1ccccc1F)CC(C)C. The Kier molecular flexibility index (Phi) is 7.62. The van der Waals surface area contributed by atoms with Crippen molar-refractivity contribution in [1.82, 2.24) is 9.47 Å². The summed E-state index contributed by atoms with van der Waals surface area (Å²) < 4.78 is 21.0. The van der Waals surface area contributed by atoms with Gasteiger partial charge >= 0.3 is 0 Å². The van der Waals surface area contributed by atoms with Crippen LogP contribution in [-0.2, 0) is 17.8 Å². The van der Waals surface area contributed by atoms with Gasteiger partial charge in [0, 0.05) is 44.2 Å². The number of aliphatic hydroxyl groups is 1. The molecule has 2 rings (SSSR count). The standard InChI is InChI=1S/C20H29FN2O2/c1-16(2)11-22(14-19(24)15-25-3)13-18-8-6-10-23(18)12-17-7-4-5-9-20(17)21/h4-10,16,19,24H,11-15H2,1-3H3. The van der Waals surface area contributed by atoms with Crippen LogP contribution in [0.4, 0.5) is 4.39 Å². The second-order valence-electron chi connectivity index (χ2n) is 6.92. The topological polar surface area (TPSA) is 37.6 Å². The van der Waals surface area contributed by atoms with Gasteiger partial charge in [-0.1, -0.05) is 32.0 Å². The highest BCUT2D eigenvalue weighted by molar-refractivity contribution is 5.19. The molecule has 5 heteroatoms. The Morgan fingerprint density at radius 1 is 1.16 bits per heavy atom. The van der Waals surface area contributed by atoms with Crippen molar-refractivity contribution in [2.24, 2.45) is 5.92 Å². The Hall–Kier alpha value is -1.69. The predicted molar refractivity (Wildman–Crippen MR) is 97.9 cm³/mol. The molecule has 1 aromatic heterocycles. The van der Waals surface area contributed by atoms with Crippen LogP contribution in [0.3, 0.4) is 0 Å². The molecule has 138 valence electrons. The molecular weight excluding hydrogens is 319 g/mol. The van der Waals surface area contributed by atoms with Crippen LogP contribution in [0.2, 0.25) is 0 Å². The summed E-state index contributed by atoms with van der Waals surface area (Å²) in [5.41, 5.74) is 1.78. The van der Waals surface area contributed by atoms with Crippen LogP contribution in [0.25, 0.3) is 0 Å². The molecule has 0 spiro atoms. The Balaban J connectivity index is 2.09. The van der Waals surface area contributed by atoms with Crippen molar-refractivity contribution in [3.05, 3.63) is 59.7 Å². The quantitative estimate of drug-likeness (QED) is 0.717. The zero-order valence-corrected chi connectivity index (χ0v) is 15.4. The first-order valence-corrected chi connectivity index (χ1v) is 8.76. The van der Waals surface area contributed by atoms with Crippen molar-refractivity contribution >= 4 is 0 Å². The molecule has 2 aromatic rings. The molecule has 1 aromatic carbocycles. The summed E-state index contributed by atoms with van der Waals surface area (Å²) in [5.74, 6) is 0.307. The molecule has 0 aliphatic carbocycles. The first-order chi connectivity index (χ1) is 12.0. The average molecular weight is 348 g/mol. The molecule has 1 heterocycles. The third kappa shape index (κ3) is 6.27. The second kappa shape index (κ2) is 9.70. The fourth-order valence-electron chi connectivity index (χ4n) is 3.05. The number of rotatable bonds is 10. The van der Waals surface area contributed by atoms with E-state index in [1.54, 1.807) is 13.2 Å². The van der Waals surface area contributed by atoms with E-state index >= 15 is 0 Å². The normalized spacial score (nSPS) is 12.9. The van der Waals surface area contributed by atoms with Gasteiger partial charge in [-0.2, -0.15) is 0 Å². The van der Waals surface area contributed by atoms with Gasteiger partial charge in [-0.05, 0) is 24.1 Å². The molecule has 25 heavy (non-hydrogen) atoms. The Morgan fingerprint density at radius 2 is 1.92 bits per heavy atom. The zero-order valence-electron chi connectivity index (χ0n) is 15.4. The van der Waals surface area contributed by atoms with Gasteiger partial charge in [-0.25, -0.2) is 4.39 Å². The van der Waals surface area contributed by atoms with Crippen LogP contribution in [-0.4, -0.2) is 47.5 Å². The number of halogens is 1. The highest BCUT2D eigenvalue weighted by atomic mass is 19.1. The maximum Gasteiger partial charge on any atom is 0.128 e. The summed E-state index contributed by atoms with van der Waals surface area (Å²) in [5, 5.41) is 10.1.